The van der Waals surface area contributed by atoms with Gasteiger partial charge in [0.25, 0.3) is 0 Å². The lowest BCUT2D eigenvalue weighted by atomic mass is 10.1. The van der Waals surface area contributed by atoms with Crippen LogP contribution in [0.5, 0.6) is 17.2 Å². The molecule has 0 aliphatic heterocycles. The largest absolute Gasteiger partial charge is 0.497 e. The number of methoxy groups -OCH3 is 3. The Morgan fingerprint density at radius 3 is 2.03 bits per heavy atom. The fourth-order valence-corrected chi connectivity index (χ4v) is 4.11. The SMILES string of the molecule is COc1ccc(S(=O)(=O)N[C@H](C(=O)OCC(=O)c2ccc(OC)cc2OC)C(C)C)cc1. The molecule has 0 bridgehead atoms. The van der Waals surface area contributed by atoms with Gasteiger partial charge in [0.05, 0.1) is 31.8 Å². The first-order chi connectivity index (χ1) is 15.1. The number of carbonyl (C=O) groups excluding carboxylic acids is 2. The molecule has 10 heteroatoms. The van der Waals surface area contributed by atoms with E-state index >= 15 is 0 Å². The molecular formula is C22H27NO8S. The number of benzene rings is 2. The smallest absolute Gasteiger partial charge is 0.324 e. The molecule has 0 radical (unpaired) electrons. The van der Waals surface area contributed by atoms with E-state index in [0.29, 0.717) is 11.5 Å². The Morgan fingerprint density at radius 2 is 1.50 bits per heavy atom. The third kappa shape index (κ3) is 6.21. The Hall–Kier alpha value is -3.11. The van der Waals surface area contributed by atoms with Crippen LogP contribution in [0.4, 0.5) is 0 Å². The molecule has 1 atom stereocenters. The molecule has 0 fully saturated rings. The number of sulfonamides is 1. The minimum Gasteiger partial charge on any atom is -0.497 e. The van der Waals surface area contributed by atoms with Gasteiger partial charge in [0.15, 0.2) is 6.61 Å². The van der Waals surface area contributed by atoms with Gasteiger partial charge in [-0.15, -0.1) is 0 Å². The second-order valence-electron chi connectivity index (χ2n) is 7.12. The number of esters is 1. The molecule has 0 aromatic heterocycles. The molecule has 9 nitrogen and oxygen atoms in total. The fraction of sp³-hybridized carbons (Fsp3) is 0.364. The lowest BCUT2D eigenvalue weighted by molar-refractivity contribution is -0.145. The maximum absolute atomic E-state index is 12.7. The van der Waals surface area contributed by atoms with Crippen molar-refractivity contribution in [2.24, 2.45) is 5.92 Å². The maximum Gasteiger partial charge on any atom is 0.324 e. The Kier molecular flexibility index (Phi) is 8.62. The molecule has 32 heavy (non-hydrogen) atoms. The van der Waals surface area contributed by atoms with Gasteiger partial charge in [-0.25, -0.2) is 8.42 Å². The molecular weight excluding hydrogens is 438 g/mol. The van der Waals surface area contributed by atoms with E-state index in [2.05, 4.69) is 4.72 Å². The van der Waals surface area contributed by atoms with Crippen molar-refractivity contribution in [1.82, 2.24) is 4.72 Å². The number of Topliss-reactive ketones (excluding diaryl/α,β-unsaturated/α-hetero) is 1. The number of nitrogens with one attached hydrogen (secondary N) is 1. The summed E-state index contributed by atoms with van der Waals surface area (Å²) in [6.07, 6.45) is 0. The zero-order valence-corrected chi connectivity index (χ0v) is 19.4. The van der Waals surface area contributed by atoms with Crippen molar-refractivity contribution in [2.75, 3.05) is 27.9 Å². The molecule has 0 amide bonds. The van der Waals surface area contributed by atoms with Gasteiger partial charge >= 0.3 is 5.97 Å². The van der Waals surface area contributed by atoms with Crippen LogP contribution in [0.3, 0.4) is 0 Å². The van der Waals surface area contributed by atoms with Crippen molar-refractivity contribution in [2.45, 2.75) is 24.8 Å². The van der Waals surface area contributed by atoms with Crippen molar-refractivity contribution in [3.05, 3.63) is 48.0 Å². The van der Waals surface area contributed by atoms with E-state index < -0.39 is 40.3 Å². The van der Waals surface area contributed by atoms with Gasteiger partial charge in [-0.1, -0.05) is 13.8 Å². The number of hydrogen-bond acceptors (Lipinski definition) is 8. The zero-order valence-electron chi connectivity index (χ0n) is 18.6. The number of carbonyl (C=O) groups is 2. The summed E-state index contributed by atoms with van der Waals surface area (Å²) in [6, 6.07) is 9.16. The van der Waals surface area contributed by atoms with Crippen LogP contribution in [-0.4, -0.2) is 54.1 Å². The van der Waals surface area contributed by atoms with Crippen molar-refractivity contribution in [3.8, 4) is 17.2 Å². The molecule has 0 heterocycles. The van der Waals surface area contributed by atoms with E-state index in [9.17, 15) is 18.0 Å². The first-order valence-electron chi connectivity index (χ1n) is 9.71. The summed E-state index contributed by atoms with van der Waals surface area (Å²) in [5.41, 5.74) is 0.209. The van der Waals surface area contributed by atoms with Crippen LogP contribution in [0.1, 0.15) is 24.2 Å². The highest BCUT2D eigenvalue weighted by atomic mass is 32.2. The normalized spacial score (nSPS) is 12.2. The van der Waals surface area contributed by atoms with Crippen LogP contribution in [0.2, 0.25) is 0 Å². The van der Waals surface area contributed by atoms with Crippen LogP contribution in [0, 0.1) is 5.92 Å². The first-order valence-corrected chi connectivity index (χ1v) is 11.2. The van der Waals surface area contributed by atoms with Gasteiger partial charge in [0, 0.05) is 6.07 Å². The number of ketones is 1. The Morgan fingerprint density at radius 1 is 0.906 bits per heavy atom. The van der Waals surface area contributed by atoms with Gasteiger partial charge in [0.2, 0.25) is 15.8 Å². The maximum atomic E-state index is 12.7. The highest BCUT2D eigenvalue weighted by Gasteiger charge is 2.30. The summed E-state index contributed by atoms with van der Waals surface area (Å²) >= 11 is 0. The van der Waals surface area contributed by atoms with Gasteiger partial charge in [-0.05, 0) is 42.3 Å². The summed E-state index contributed by atoms with van der Waals surface area (Å²) in [5.74, 6) is -0.525. The van der Waals surface area contributed by atoms with E-state index in [-0.39, 0.29) is 16.2 Å². The number of rotatable bonds is 11. The van der Waals surface area contributed by atoms with E-state index in [4.69, 9.17) is 18.9 Å². The van der Waals surface area contributed by atoms with Crippen molar-refractivity contribution < 1.29 is 37.0 Å². The van der Waals surface area contributed by atoms with E-state index in [0.717, 1.165) is 0 Å². The molecule has 0 unspecified atom stereocenters. The molecule has 2 aromatic carbocycles. The van der Waals surface area contributed by atoms with Crippen molar-refractivity contribution in [1.29, 1.82) is 0 Å². The van der Waals surface area contributed by atoms with E-state index in [1.807, 2.05) is 0 Å². The lowest BCUT2D eigenvalue weighted by Gasteiger charge is -2.21. The van der Waals surface area contributed by atoms with Gasteiger partial charge in [0.1, 0.15) is 23.3 Å². The van der Waals surface area contributed by atoms with Crippen LogP contribution in [0.15, 0.2) is 47.4 Å². The van der Waals surface area contributed by atoms with Crippen LogP contribution in [-0.2, 0) is 19.6 Å². The molecule has 0 spiro atoms. The summed E-state index contributed by atoms with van der Waals surface area (Å²) in [7, 11) is 0.345. The van der Waals surface area contributed by atoms with Crippen LogP contribution < -0.4 is 18.9 Å². The predicted molar refractivity (Wildman–Crippen MR) is 117 cm³/mol. The summed E-state index contributed by atoms with van der Waals surface area (Å²) in [5, 5.41) is 0. The van der Waals surface area contributed by atoms with Crippen molar-refractivity contribution >= 4 is 21.8 Å². The van der Waals surface area contributed by atoms with Gasteiger partial charge in [-0.3, -0.25) is 9.59 Å². The third-order valence-corrected chi connectivity index (χ3v) is 6.08. The summed E-state index contributed by atoms with van der Waals surface area (Å²) in [6.45, 7) is 2.75. The number of hydrogen-bond donors (Lipinski definition) is 1. The molecule has 174 valence electrons. The monoisotopic (exact) mass is 465 g/mol. The number of ether oxygens (including phenoxy) is 4. The topological polar surface area (TPSA) is 117 Å². The minimum absolute atomic E-state index is 0.0317. The fourth-order valence-electron chi connectivity index (χ4n) is 2.78. The van der Waals surface area contributed by atoms with Gasteiger partial charge < -0.3 is 18.9 Å². The summed E-state index contributed by atoms with van der Waals surface area (Å²) in [4.78, 5) is 25.1. The average molecular weight is 466 g/mol. The van der Waals surface area contributed by atoms with Crippen LogP contribution >= 0.6 is 0 Å². The minimum atomic E-state index is -4.01. The van der Waals surface area contributed by atoms with Crippen LogP contribution in [0.25, 0.3) is 0 Å². The molecule has 1 N–H and O–H groups in total. The molecule has 0 saturated heterocycles. The lowest BCUT2D eigenvalue weighted by Crippen LogP contribution is -2.45. The van der Waals surface area contributed by atoms with E-state index in [1.54, 1.807) is 19.9 Å². The second kappa shape index (κ2) is 11.0. The molecule has 2 aromatic rings. The average Bonchev–Trinajstić information content (AvgIpc) is 2.80. The predicted octanol–water partition coefficient (Wildman–Crippen LogP) is 2.44. The molecule has 2 rings (SSSR count). The highest BCUT2D eigenvalue weighted by Crippen LogP contribution is 2.25. The third-order valence-electron chi connectivity index (χ3n) is 4.63. The Bertz CT molecular complexity index is 1050. The first kappa shape index (κ1) is 25.2. The molecule has 0 aliphatic rings. The van der Waals surface area contributed by atoms with Crippen molar-refractivity contribution in [3.63, 3.8) is 0 Å². The Labute approximate surface area is 187 Å². The standard InChI is InChI=1S/C22H27NO8S/c1-14(2)21(23-32(26,27)17-9-6-15(28-3)7-10-17)22(25)31-13-19(24)18-11-8-16(29-4)12-20(18)30-5/h6-12,14,21,23H,13H2,1-5H3/t21-/m0/s1. The molecule has 0 saturated carbocycles. The summed E-state index contributed by atoms with van der Waals surface area (Å²) < 4.78 is 48.2. The highest BCUT2D eigenvalue weighted by molar-refractivity contribution is 7.89. The van der Waals surface area contributed by atoms with E-state index in [1.165, 1.54) is 57.7 Å². The zero-order chi connectivity index (χ0) is 23.9. The second-order valence-corrected chi connectivity index (χ2v) is 8.83. The Balaban J connectivity index is 2.11. The quantitative estimate of drug-likeness (QED) is 0.397. The van der Waals surface area contributed by atoms with Gasteiger partial charge in [-0.2, -0.15) is 4.72 Å². The molecule has 0 aliphatic carbocycles.